The van der Waals surface area contributed by atoms with Crippen molar-refractivity contribution >= 4 is 5.97 Å². The summed E-state index contributed by atoms with van der Waals surface area (Å²) in [5, 5.41) is 8.73. The fourth-order valence-electron chi connectivity index (χ4n) is 1.50. The molecule has 1 saturated heterocycles. The van der Waals surface area contributed by atoms with Crippen LogP contribution in [0.3, 0.4) is 0 Å². The van der Waals surface area contributed by atoms with Crippen molar-refractivity contribution in [3.05, 3.63) is 0 Å². The minimum Gasteiger partial charge on any atom is -0.481 e. The summed E-state index contributed by atoms with van der Waals surface area (Å²) < 4.78 is 5.29. The molecule has 2 atom stereocenters. The van der Waals surface area contributed by atoms with Gasteiger partial charge >= 0.3 is 5.97 Å². The van der Waals surface area contributed by atoms with Gasteiger partial charge in [0, 0.05) is 6.61 Å². The van der Waals surface area contributed by atoms with Gasteiger partial charge in [-0.05, 0) is 12.8 Å². The van der Waals surface area contributed by atoms with Crippen molar-refractivity contribution in [2.45, 2.75) is 32.3 Å². The molecule has 1 aliphatic heterocycles. The van der Waals surface area contributed by atoms with Gasteiger partial charge in [0.05, 0.1) is 12.0 Å². The molecule has 1 aliphatic rings. The third-order valence-corrected chi connectivity index (χ3v) is 2.10. The van der Waals surface area contributed by atoms with Gasteiger partial charge in [0.2, 0.25) is 0 Å². The molecule has 0 bridgehead atoms. The van der Waals surface area contributed by atoms with E-state index in [1.54, 1.807) is 0 Å². The fraction of sp³-hybridized carbons (Fsp3) is 0.875. The van der Waals surface area contributed by atoms with Crippen molar-refractivity contribution in [1.29, 1.82) is 0 Å². The summed E-state index contributed by atoms with van der Waals surface area (Å²) in [7, 11) is 0. The van der Waals surface area contributed by atoms with E-state index < -0.39 is 5.97 Å². The van der Waals surface area contributed by atoms with Crippen molar-refractivity contribution in [2.24, 2.45) is 5.92 Å². The van der Waals surface area contributed by atoms with Gasteiger partial charge in [-0.3, -0.25) is 4.79 Å². The molecule has 1 heterocycles. The second-order valence-electron chi connectivity index (χ2n) is 2.93. The summed E-state index contributed by atoms with van der Waals surface area (Å²) in [5.74, 6) is -0.962. The Morgan fingerprint density at radius 1 is 1.73 bits per heavy atom. The zero-order valence-electron chi connectivity index (χ0n) is 6.75. The Labute approximate surface area is 66.4 Å². The van der Waals surface area contributed by atoms with Crippen LogP contribution in [0.15, 0.2) is 0 Å². The Balaban J connectivity index is 2.44. The minimum atomic E-state index is -0.707. The first-order valence-electron chi connectivity index (χ1n) is 4.10. The molecule has 1 fully saturated rings. The molecule has 0 saturated carbocycles. The second kappa shape index (κ2) is 3.72. The maximum absolute atomic E-state index is 10.6. The van der Waals surface area contributed by atoms with Crippen molar-refractivity contribution in [2.75, 3.05) is 6.61 Å². The first kappa shape index (κ1) is 8.53. The third kappa shape index (κ3) is 1.93. The zero-order chi connectivity index (χ0) is 8.27. The van der Waals surface area contributed by atoms with Crippen LogP contribution in [0.5, 0.6) is 0 Å². The van der Waals surface area contributed by atoms with Crippen molar-refractivity contribution in [3.63, 3.8) is 0 Å². The summed E-state index contributed by atoms with van der Waals surface area (Å²) in [6.45, 7) is 2.65. The molecule has 0 aromatic carbocycles. The number of rotatable bonds is 3. The number of carboxylic acids is 1. The molecular formula is C8H14O3. The van der Waals surface area contributed by atoms with Gasteiger partial charge in [0.25, 0.3) is 0 Å². The number of aliphatic carboxylic acids is 1. The van der Waals surface area contributed by atoms with Crippen LogP contribution in [0.25, 0.3) is 0 Å². The molecule has 0 aliphatic carbocycles. The summed E-state index contributed by atoms with van der Waals surface area (Å²) in [6, 6.07) is 0. The summed E-state index contributed by atoms with van der Waals surface area (Å²) in [5.41, 5.74) is 0. The molecule has 3 nitrogen and oxygen atoms in total. The van der Waals surface area contributed by atoms with E-state index >= 15 is 0 Å². The quantitative estimate of drug-likeness (QED) is 0.673. The zero-order valence-corrected chi connectivity index (χ0v) is 6.75. The van der Waals surface area contributed by atoms with Crippen LogP contribution >= 0.6 is 0 Å². The van der Waals surface area contributed by atoms with E-state index in [2.05, 4.69) is 0 Å². The van der Waals surface area contributed by atoms with E-state index in [0.29, 0.717) is 13.0 Å². The van der Waals surface area contributed by atoms with Crippen LogP contribution in [0.4, 0.5) is 0 Å². The second-order valence-corrected chi connectivity index (χ2v) is 2.93. The SMILES string of the molecule is CCCC1OCCC1C(=O)O. The Bertz CT molecular complexity index is 144. The normalized spacial score (nSPS) is 30.6. The highest BCUT2D eigenvalue weighted by Gasteiger charge is 2.32. The Morgan fingerprint density at radius 2 is 2.45 bits per heavy atom. The van der Waals surface area contributed by atoms with Crippen LogP contribution < -0.4 is 0 Å². The topological polar surface area (TPSA) is 46.5 Å². The van der Waals surface area contributed by atoms with Crippen LogP contribution in [-0.4, -0.2) is 23.8 Å². The predicted octanol–water partition coefficient (Wildman–Crippen LogP) is 1.28. The molecule has 2 unspecified atom stereocenters. The van der Waals surface area contributed by atoms with Gasteiger partial charge < -0.3 is 9.84 Å². The molecule has 0 aromatic heterocycles. The first-order valence-corrected chi connectivity index (χ1v) is 4.10. The molecule has 0 aromatic rings. The summed E-state index contributed by atoms with van der Waals surface area (Å²) in [6.07, 6.45) is 2.52. The Morgan fingerprint density at radius 3 is 3.00 bits per heavy atom. The van der Waals surface area contributed by atoms with Crippen LogP contribution in [0.1, 0.15) is 26.2 Å². The van der Waals surface area contributed by atoms with Crippen molar-refractivity contribution in [1.82, 2.24) is 0 Å². The van der Waals surface area contributed by atoms with Crippen molar-refractivity contribution < 1.29 is 14.6 Å². The van der Waals surface area contributed by atoms with Crippen LogP contribution in [0, 0.1) is 5.92 Å². The highest BCUT2D eigenvalue weighted by molar-refractivity contribution is 5.71. The lowest BCUT2D eigenvalue weighted by Gasteiger charge is -2.12. The lowest BCUT2D eigenvalue weighted by atomic mass is 9.98. The van der Waals surface area contributed by atoms with Gasteiger partial charge in [0.15, 0.2) is 0 Å². The van der Waals surface area contributed by atoms with E-state index in [1.165, 1.54) is 0 Å². The van der Waals surface area contributed by atoms with Crippen LogP contribution in [-0.2, 0) is 9.53 Å². The van der Waals surface area contributed by atoms with E-state index in [9.17, 15) is 4.79 Å². The molecule has 0 spiro atoms. The highest BCUT2D eigenvalue weighted by Crippen LogP contribution is 2.24. The number of ether oxygens (including phenoxy) is 1. The fourth-order valence-corrected chi connectivity index (χ4v) is 1.50. The molecular weight excluding hydrogens is 144 g/mol. The Hall–Kier alpha value is -0.570. The molecule has 0 amide bonds. The number of carbonyl (C=O) groups is 1. The smallest absolute Gasteiger partial charge is 0.309 e. The van der Waals surface area contributed by atoms with E-state index in [4.69, 9.17) is 9.84 Å². The maximum atomic E-state index is 10.6. The van der Waals surface area contributed by atoms with Gasteiger partial charge in [0.1, 0.15) is 0 Å². The molecule has 1 N–H and O–H groups in total. The maximum Gasteiger partial charge on any atom is 0.309 e. The number of hydrogen-bond acceptors (Lipinski definition) is 2. The average Bonchev–Trinajstić information content (AvgIpc) is 2.36. The lowest BCUT2D eigenvalue weighted by molar-refractivity contribution is -0.143. The largest absolute Gasteiger partial charge is 0.481 e. The molecule has 3 heteroatoms. The third-order valence-electron chi connectivity index (χ3n) is 2.10. The van der Waals surface area contributed by atoms with Gasteiger partial charge in [-0.25, -0.2) is 0 Å². The van der Waals surface area contributed by atoms with Gasteiger partial charge in [-0.1, -0.05) is 13.3 Å². The van der Waals surface area contributed by atoms with Crippen molar-refractivity contribution in [3.8, 4) is 0 Å². The number of hydrogen-bond donors (Lipinski definition) is 1. The monoisotopic (exact) mass is 158 g/mol. The standard InChI is InChI=1S/C8H14O3/c1-2-3-7-6(8(9)10)4-5-11-7/h6-7H,2-5H2,1H3,(H,9,10). The number of carboxylic acid groups (broad SMARTS) is 1. The molecule has 64 valence electrons. The highest BCUT2D eigenvalue weighted by atomic mass is 16.5. The Kier molecular flexibility index (Phi) is 2.88. The summed E-state index contributed by atoms with van der Waals surface area (Å²) >= 11 is 0. The summed E-state index contributed by atoms with van der Waals surface area (Å²) in [4.78, 5) is 10.6. The van der Waals surface area contributed by atoms with E-state index in [0.717, 1.165) is 12.8 Å². The van der Waals surface area contributed by atoms with E-state index in [-0.39, 0.29) is 12.0 Å². The van der Waals surface area contributed by atoms with Crippen LogP contribution in [0.2, 0.25) is 0 Å². The minimum absolute atomic E-state index is 0.0301. The predicted molar refractivity (Wildman–Crippen MR) is 40.4 cm³/mol. The average molecular weight is 158 g/mol. The molecule has 0 radical (unpaired) electrons. The molecule has 1 rings (SSSR count). The van der Waals surface area contributed by atoms with Gasteiger partial charge in [-0.15, -0.1) is 0 Å². The first-order chi connectivity index (χ1) is 5.25. The molecule has 11 heavy (non-hydrogen) atoms. The van der Waals surface area contributed by atoms with Gasteiger partial charge in [-0.2, -0.15) is 0 Å². The lowest BCUT2D eigenvalue weighted by Crippen LogP contribution is -2.23. The van der Waals surface area contributed by atoms with E-state index in [1.807, 2.05) is 6.92 Å².